The van der Waals surface area contributed by atoms with Crippen molar-refractivity contribution in [3.05, 3.63) is 12.7 Å². The molecule has 1 atom stereocenters. The van der Waals surface area contributed by atoms with Crippen molar-refractivity contribution in [3.8, 4) is 0 Å². The van der Waals surface area contributed by atoms with E-state index in [1.54, 1.807) is 6.92 Å². The van der Waals surface area contributed by atoms with Crippen LogP contribution in [0.15, 0.2) is 12.7 Å². The number of alkyl carbamates (subject to hydrolysis) is 1. The van der Waals surface area contributed by atoms with Gasteiger partial charge in [0.15, 0.2) is 0 Å². The minimum absolute atomic E-state index is 0.0682. The highest BCUT2D eigenvalue weighted by Crippen LogP contribution is 2.07. The summed E-state index contributed by atoms with van der Waals surface area (Å²) in [5.41, 5.74) is 0. The number of hydrogen-bond acceptors (Lipinski definition) is 5. The third kappa shape index (κ3) is 9.65. The van der Waals surface area contributed by atoms with Crippen LogP contribution in [0, 0.1) is 0 Å². The summed E-state index contributed by atoms with van der Waals surface area (Å²) in [5.74, 6) is -0.513. The first-order valence-electron chi connectivity index (χ1n) is 7.18. The van der Waals surface area contributed by atoms with Crippen molar-refractivity contribution in [2.75, 3.05) is 13.7 Å². The summed E-state index contributed by atoms with van der Waals surface area (Å²) < 4.78 is 9.32. The fourth-order valence-electron chi connectivity index (χ4n) is 1.75. The Morgan fingerprint density at radius 2 is 1.95 bits per heavy atom. The number of unbranched alkanes of at least 4 members (excludes halogenated alkanes) is 2. The van der Waals surface area contributed by atoms with E-state index >= 15 is 0 Å². The molecule has 0 aromatic carbocycles. The molecular formula is C15H25NO5. The molecule has 0 aliphatic rings. The lowest BCUT2D eigenvalue weighted by molar-refractivity contribution is -0.143. The van der Waals surface area contributed by atoms with Gasteiger partial charge in [-0.2, -0.15) is 0 Å². The minimum Gasteiger partial charge on any atom is -0.467 e. The third-order valence-electron chi connectivity index (χ3n) is 2.88. The van der Waals surface area contributed by atoms with E-state index in [0.29, 0.717) is 6.42 Å². The van der Waals surface area contributed by atoms with E-state index in [1.165, 1.54) is 7.11 Å². The van der Waals surface area contributed by atoms with Crippen molar-refractivity contribution in [3.63, 3.8) is 0 Å². The van der Waals surface area contributed by atoms with E-state index in [9.17, 15) is 14.4 Å². The van der Waals surface area contributed by atoms with Crippen molar-refractivity contribution in [2.45, 2.75) is 51.5 Å². The molecule has 6 nitrogen and oxygen atoms in total. The number of Topliss-reactive ketones (excluding diaryl/α,β-unsaturated/α-hetero) is 1. The molecule has 0 heterocycles. The molecule has 0 saturated carbocycles. The molecule has 21 heavy (non-hydrogen) atoms. The zero-order chi connectivity index (χ0) is 16.1. The van der Waals surface area contributed by atoms with Crippen LogP contribution in [-0.4, -0.2) is 37.6 Å². The maximum atomic E-state index is 11.7. The minimum atomic E-state index is -0.855. The number of carbonyl (C=O) groups excluding carboxylic acids is 3. The molecule has 0 saturated heterocycles. The van der Waals surface area contributed by atoms with E-state index < -0.39 is 18.1 Å². The van der Waals surface area contributed by atoms with Gasteiger partial charge < -0.3 is 14.8 Å². The summed E-state index contributed by atoms with van der Waals surface area (Å²) >= 11 is 0. The summed E-state index contributed by atoms with van der Waals surface area (Å²) in [6.07, 6.45) is 4.67. The lowest BCUT2D eigenvalue weighted by Gasteiger charge is -2.15. The number of hydrogen-bond donors (Lipinski definition) is 1. The normalized spacial score (nSPS) is 11.3. The molecule has 120 valence electrons. The Balaban J connectivity index is 4.16. The van der Waals surface area contributed by atoms with Crippen molar-refractivity contribution in [1.29, 1.82) is 0 Å². The lowest BCUT2D eigenvalue weighted by Crippen LogP contribution is -2.42. The van der Waals surface area contributed by atoms with Crippen LogP contribution in [0.4, 0.5) is 4.79 Å². The van der Waals surface area contributed by atoms with E-state index in [2.05, 4.69) is 16.6 Å². The highest BCUT2D eigenvalue weighted by Gasteiger charge is 2.22. The molecular weight excluding hydrogens is 274 g/mol. The zero-order valence-corrected chi connectivity index (χ0v) is 12.9. The fourth-order valence-corrected chi connectivity index (χ4v) is 1.75. The van der Waals surface area contributed by atoms with Gasteiger partial charge in [-0.25, -0.2) is 9.59 Å². The van der Waals surface area contributed by atoms with Crippen LogP contribution in [0.3, 0.4) is 0 Å². The molecule has 0 aromatic rings. The smallest absolute Gasteiger partial charge is 0.407 e. The van der Waals surface area contributed by atoms with Gasteiger partial charge in [-0.3, -0.25) is 4.79 Å². The molecule has 0 radical (unpaired) electrons. The maximum absolute atomic E-state index is 11.7. The van der Waals surface area contributed by atoms with Crippen molar-refractivity contribution < 1.29 is 23.9 Å². The van der Waals surface area contributed by atoms with E-state index in [1.807, 2.05) is 6.08 Å². The lowest BCUT2D eigenvalue weighted by atomic mass is 10.0. The van der Waals surface area contributed by atoms with Gasteiger partial charge in [0.1, 0.15) is 11.8 Å². The second kappa shape index (κ2) is 11.9. The van der Waals surface area contributed by atoms with Gasteiger partial charge in [-0.1, -0.05) is 6.08 Å². The standard InChI is InChI=1S/C15H25NO5/c1-4-6-7-8-9-12(17)10-11-13(14(18)20-3)16-15(19)21-5-2/h4,13H,1,5-11H2,2-3H3,(H,16,19)/t13-/m0/s1. The van der Waals surface area contributed by atoms with Crippen LogP contribution in [0.5, 0.6) is 0 Å². The molecule has 0 aliphatic carbocycles. The quantitative estimate of drug-likeness (QED) is 0.360. The van der Waals surface area contributed by atoms with E-state index in [-0.39, 0.29) is 25.2 Å². The van der Waals surface area contributed by atoms with Crippen LogP contribution in [0.2, 0.25) is 0 Å². The van der Waals surface area contributed by atoms with Crippen LogP contribution in [0.25, 0.3) is 0 Å². The predicted octanol–water partition coefficient (Wildman–Crippen LogP) is 2.37. The first kappa shape index (κ1) is 19.1. The number of rotatable bonds is 11. The Kier molecular flexibility index (Phi) is 10.9. The molecule has 0 aliphatic heterocycles. The van der Waals surface area contributed by atoms with Gasteiger partial charge >= 0.3 is 12.1 Å². The van der Waals surface area contributed by atoms with Crippen molar-refractivity contribution in [1.82, 2.24) is 5.32 Å². The summed E-state index contributed by atoms with van der Waals surface area (Å²) in [4.78, 5) is 34.6. The fraction of sp³-hybridized carbons (Fsp3) is 0.667. The van der Waals surface area contributed by atoms with Crippen LogP contribution in [-0.2, 0) is 19.1 Å². The largest absolute Gasteiger partial charge is 0.467 e. The summed E-state index contributed by atoms with van der Waals surface area (Å²) in [6, 6.07) is -0.855. The number of ether oxygens (including phenoxy) is 2. The van der Waals surface area contributed by atoms with Gasteiger partial charge in [0.25, 0.3) is 0 Å². The number of nitrogens with one attached hydrogen (secondary N) is 1. The molecule has 0 bridgehead atoms. The van der Waals surface area contributed by atoms with Gasteiger partial charge in [0.2, 0.25) is 0 Å². The molecule has 0 aromatic heterocycles. The van der Waals surface area contributed by atoms with Crippen LogP contribution >= 0.6 is 0 Å². The second-order valence-electron chi connectivity index (χ2n) is 4.55. The third-order valence-corrected chi connectivity index (χ3v) is 2.88. The summed E-state index contributed by atoms with van der Waals surface area (Å²) in [5, 5.41) is 2.40. The summed E-state index contributed by atoms with van der Waals surface area (Å²) in [6.45, 7) is 5.50. The van der Waals surface area contributed by atoms with Crippen molar-refractivity contribution in [2.24, 2.45) is 0 Å². The molecule has 0 fully saturated rings. The van der Waals surface area contributed by atoms with Crippen LogP contribution in [0.1, 0.15) is 45.4 Å². The van der Waals surface area contributed by atoms with E-state index in [0.717, 1.165) is 19.3 Å². The average Bonchev–Trinajstić information content (AvgIpc) is 2.47. The second-order valence-corrected chi connectivity index (χ2v) is 4.55. The highest BCUT2D eigenvalue weighted by molar-refractivity contribution is 5.83. The van der Waals surface area contributed by atoms with E-state index in [4.69, 9.17) is 4.74 Å². The average molecular weight is 299 g/mol. The molecule has 1 N–H and O–H groups in total. The van der Waals surface area contributed by atoms with Crippen molar-refractivity contribution >= 4 is 17.8 Å². The molecule has 0 rings (SSSR count). The topological polar surface area (TPSA) is 81.7 Å². The first-order chi connectivity index (χ1) is 10.0. The van der Waals surface area contributed by atoms with Gasteiger partial charge in [0, 0.05) is 12.8 Å². The number of ketones is 1. The monoisotopic (exact) mass is 299 g/mol. The number of allylic oxidation sites excluding steroid dienone is 1. The number of amides is 1. The predicted molar refractivity (Wildman–Crippen MR) is 78.9 cm³/mol. The van der Waals surface area contributed by atoms with Gasteiger partial charge in [0.05, 0.1) is 13.7 Å². The Labute approximate surface area is 125 Å². The summed E-state index contributed by atoms with van der Waals surface area (Å²) in [7, 11) is 1.24. The van der Waals surface area contributed by atoms with Gasteiger partial charge in [-0.15, -0.1) is 6.58 Å². The zero-order valence-electron chi connectivity index (χ0n) is 12.9. The highest BCUT2D eigenvalue weighted by atomic mass is 16.6. The Morgan fingerprint density at radius 3 is 2.52 bits per heavy atom. The molecule has 0 unspecified atom stereocenters. The number of methoxy groups -OCH3 is 1. The molecule has 1 amide bonds. The molecule has 0 spiro atoms. The number of esters is 1. The first-order valence-corrected chi connectivity index (χ1v) is 7.18. The SMILES string of the molecule is C=CCCCCC(=O)CC[C@H](NC(=O)OCC)C(=O)OC. The molecule has 6 heteroatoms. The Bertz CT molecular complexity index is 354. The Morgan fingerprint density at radius 1 is 1.24 bits per heavy atom. The van der Waals surface area contributed by atoms with Crippen LogP contribution < -0.4 is 5.32 Å². The Hall–Kier alpha value is -1.85. The maximum Gasteiger partial charge on any atom is 0.407 e. The van der Waals surface area contributed by atoms with Gasteiger partial charge in [-0.05, 0) is 32.6 Å². The number of carbonyl (C=O) groups is 3.